The second-order valence-electron chi connectivity index (χ2n) is 8.29. The summed E-state index contributed by atoms with van der Waals surface area (Å²) >= 11 is 0. The Kier molecular flexibility index (Phi) is 5.34. The lowest BCUT2D eigenvalue weighted by Crippen LogP contribution is -2.43. The molecule has 0 saturated carbocycles. The molecular formula is C27H25N3O3. The number of hydrogen-bond acceptors (Lipinski definition) is 3. The molecule has 1 aliphatic heterocycles. The number of aromatic amines is 1. The molecule has 0 aliphatic carbocycles. The fourth-order valence-electron chi connectivity index (χ4n) is 4.62. The summed E-state index contributed by atoms with van der Waals surface area (Å²) in [4.78, 5) is 31.1. The molecule has 0 spiro atoms. The van der Waals surface area contributed by atoms with Gasteiger partial charge >= 0.3 is 12.0 Å². The molecule has 0 fully saturated rings. The number of benzene rings is 3. The van der Waals surface area contributed by atoms with Crippen molar-refractivity contribution in [2.75, 3.05) is 19.0 Å². The van der Waals surface area contributed by atoms with E-state index in [4.69, 9.17) is 4.74 Å². The Morgan fingerprint density at radius 3 is 2.52 bits per heavy atom. The number of ether oxygens (including phenoxy) is 1. The van der Waals surface area contributed by atoms with Crippen LogP contribution in [0, 0.1) is 6.92 Å². The van der Waals surface area contributed by atoms with Crippen LogP contribution >= 0.6 is 0 Å². The number of nitrogens with one attached hydrogen (secondary N) is 2. The van der Waals surface area contributed by atoms with E-state index in [9.17, 15) is 9.59 Å². The largest absolute Gasteiger partial charge is 0.465 e. The smallest absolute Gasteiger partial charge is 0.339 e. The normalized spacial score (nSPS) is 15.2. The van der Waals surface area contributed by atoms with E-state index in [0.717, 1.165) is 28.8 Å². The quantitative estimate of drug-likeness (QED) is 0.417. The highest BCUT2D eigenvalue weighted by molar-refractivity contribution is 6.01. The van der Waals surface area contributed by atoms with Gasteiger partial charge in [-0.3, -0.25) is 0 Å². The number of amides is 2. The van der Waals surface area contributed by atoms with Crippen LogP contribution in [0.4, 0.5) is 10.5 Å². The Labute approximate surface area is 192 Å². The molecule has 0 saturated heterocycles. The fraction of sp³-hybridized carbons (Fsp3) is 0.185. The molecule has 0 radical (unpaired) electrons. The van der Waals surface area contributed by atoms with E-state index < -0.39 is 5.97 Å². The van der Waals surface area contributed by atoms with E-state index in [0.29, 0.717) is 17.8 Å². The number of fused-ring (bicyclic) bond motifs is 3. The molecule has 1 atom stereocenters. The molecule has 1 aliphatic rings. The maximum atomic E-state index is 13.6. The molecule has 6 nitrogen and oxygen atoms in total. The molecule has 2 amide bonds. The molecule has 0 bridgehead atoms. The van der Waals surface area contributed by atoms with E-state index >= 15 is 0 Å². The van der Waals surface area contributed by atoms with Gasteiger partial charge in [0.2, 0.25) is 0 Å². The Morgan fingerprint density at radius 1 is 1.00 bits per heavy atom. The van der Waals surface area contributed by atoms with Gasteiger partial charge in [0.25, 0.3) is 0 Å². The second kappa shape index (κ2) is 8.47. The molecular weight excluding hydrogens is 414 g/mol. The number of aryl methyl sites for hydroxylation is 1. The summed E-state index contributed by atoms with van der Waals surface area (Å²) in [5.74, 6) is -0.488. The van der Waals surface area contributed by atoms with Crippen LogP contribution in [0.2, 0.25) is 0 Å². The number of methoxy groups -OCH3 is 1. The lowest BCUT2D eigenvalue weighted by molar-refractivity contribution is 0.0602. The summed E-state index contributed by atoms with van der Waals surface area (Å²) < 4.78 is 4.88. The summed E-state index contributed by atoms with van der Waals surface area (Å²) in [7, 11) is 1.33. The highest BCUT2D eigenvalue weighted by atomic mass is 16.5. The van der Waals surface area contributed by atoms with Crippen molar-refractivity contribution >= 4 is 28.6 Å². The summed E-state index contributed by atoms with van der Waals surface area (Å²) in [5, 5.41) is 4.14. The Morgan fingerprint density at radius 2 is 1.73 bits per heavy atom. The molecule has 1 aromatic heterocycles. The van der Waals surface area contributed by atoms with Crippen LogP contribution < -0.4 is 5.32 Å². The minimum atomic E-state index is -0.488. The minimum Gasteiger partial charge on any atom is -0.465 e. The average molecular weight is 440 g/mol. The average Bonchev–Trinajstić information content (AvgIpc) is 3.22. The summed E-state index contributed by atoms with van der Waals surface area (Å²) in [5.41, 5.74) is 6.29. The number of aromatic nitrogens is 1. The summed E-state index contributed by atoms with van der Waals surface area (Å²) in [6.45, 7) is 2.60. The van der Waals surface area contributed by atoms with Crippen molar-refractivity contribution in [3.63, 3.8) is 0 Å². The predicted octanol–water partition coefficient (Wildman–Crippen LogP) is 5.44. The lowest BCUT2D eigenvalue weighted by Gasteiger charge is -2.36. The number of H-pyrrole nitrogens is 1. The van der Waals surface area contributed by atoms with Crippen LogP contribution in [0.25, 0.3) is 10.9 Å². The monoisotopic (exact) mass is 439 g/mol. The van der Waals surface area contributed by atoms with Crippen LogP contribution in [-0.4, -0.2) is 35.5 Å². The number of hydrogen-bond donors (Lipinski definition) is 2. The first-order chi connectivity index (χ1) is 16.1. The Hall–Kier alpha value is -4.06. The Balaban J connectivity index is 1.56. The van der Waals surface area contributed by atoms with E-state index in [2.05, 4.69) is 46.7 Å². The van der Waals surface area contributed by atoms with Gasteiger partial charge < -0.3 is 19.9 Å². The Bertz CT molecular complexity index is 1340. The van der Waals surface area contributed by atoms with Crippen molar-refractivity contribution in [2.24, 2.45) is 0 Å². The number of nitrogens with zero attached hydrogens (tertiary/aromatic N) is 1. The number of para-hydroxylation sites is 2. The summed E-state index contributed by atoms with van der Waals surface area (Å²) in [6.07, 6.45) is 0.744. The third kappa shape index (κ3) is 3.74. The first-order valence-electron chi connectivity index (χ1n) is 11.0. The highest BCUT2D eigenvalue weighted by Gasteiger charge is 2.35. The summed E-state index contributed by atoms with van der Waals surface area (Å²) in [6, 6.07) is 22.9. The number of rotatable bonds is 3. The van der Waals surface area contributed by atoms with E-state index in [1.165, 1.54) is 18.1 Å². The first kappa shape index (κ1) is 20.8. The molecule has 2 N–H and O–H groups in total. The zero-order chi connectivity index (χ0) is 22.9. The van der Waals surface area contributed by atoms with Crippen LogP contribution in [0.5, 0.6) is 0 Å². The van der Waals surface area contributed by atoms with E-state index in [1.54, 1.807) is 24.3 Å². The highest BCUT2D eigenvalue weighted by Crippen LogP contribution is 2.38. The number of urea groups is 1. The van der Waals surface area contributed by atoms with Gasteiger partial charge in [-0.05, 0) is 42.7 Å². The van der Waals surface area contributed by atoms with Crippen LogP contribution in [0.3, 0.4) is 0 Å². The van der Waals surface area contributed by atoms with Crippen LogP contribution in [0.15, 0.2) is 72.8 Å². The van der Waals surface area contributed by atoms with E-state index in [-0.39, 0.29) is 12.1 Å². The maximum absolute atomic E-state index is 13.6. The molecule has 4 aromatic rings. The van der Waals surface area contributed by atoms with Gasteiger partial charge in [-0.2, -0.15) is 0 Å². The maximum Gasteiger partial charge on any atom is 0.339 e. The predicted molar refractivity (Wildman–Crippen MR) is 129 cm³/mol. The van der Waals surface area contributed by atoms with Crippen molar-refractivity contribution < 1.29 is 14.3 Å². The van der Waals surface area contributed by atoms with Crippen molar-refractivity contribution in [3.05, 3.63) is 101 Å². The topological polar surface area (TPSA) is 74.4 Å². The zero-order valence-corrected chi connectivity index (χ0v) is 18.6. The molecule has 5 rings (SSSR count). The molecule has 2 heterocycles. The van der Waals surface area contributed by atoms with Crippen molar-refractivity contribution in [1.29, 1.82) is 0 Å². The number of carbonyl (C=O) groups excluding carboxylic acids is 2. The van der Waals surface area contributed by atoms with Crippen molar-refractivity contribution in [3.8, 4) is 0 Å². The van der Waals surface area contributed by atoms with Gasteiger partial charge in [-0.15, -0.1) is 0 Å². The van der Waals surface area contributed by atoms with Crippen LogP contribution in [-0.2, 0) is 11.2 Å². The van der Waals surface area contributed by atoms with Crippen molar-refractivity contribution in [1.82, 2.24) is 9.88 Å². The fourth-order valence-corrected chi connectivity index (χ4v) is 4.62. The third-order valence-corrected chi connectivity index (χ3v) is 6.26. The van der Waals surface area contributed by atoms with E-state index in [1.807, 2.05) is 24.0 Å². The van der Waals surface area contributed by atoms with Gasteiger partial charge in [0.15, 0.2) is 0 Å². The second-order valence-corrected chi connectivity index (χ2v) is 8.29. The lowest BCUT2D eigenvalue weighted by atomic mass is 9.92. The SMILES string of the molecule is COC(=O)c1ccccc1NC(=O)N1CCc2c([nH]c3ccccc23)C1c1ccc(C)cc1. The third-order valence-electron chi connectivity index (χ3n) is 6.26. The minimum absolute atomic E-state index is 0.263. The number of esters is 1. The standard InChI is InChI=1S/C27H25N3O3/c1-17-11-13-18(14-12-17)25-24-20(19-7-3-5-9-22(19)28-24)15-16-30(25)27(32)29-23-10-6-4-8-21(23)26(31)33-2/h3-14,25,28H,15-16H2,1-2H3,(H,29,32). The van der Waals surface area contributed by atoms with Gasteiger partial charge in [0.1, 0.15) is 0 Å². The molecule has 3 aromatic carbocycles. The number of anilines is 1. The molecule has 33 heavy (non-hydrogen) atoms. The van der Waals surface area contributed by atoms with Gasteiger partial charge in [0.05, 0.1) is 24.4 Å². The molecule has 166 valence electrons. The zero-order valence-electron chi connectivity index (χ0n) is 18.6. The molecule has 6 heteroatoms. The van der Waals surface area contributed by atoms with Gasteiger partial charge in [0, 0.05) is 23.1 Å². The van der Waals surface area contributed by atoms with Crippen molar-refractivity contribution in [2.45, 2.75) is 19.4 Å². The molecule has 1 unspecified atom stereocenters. The van der Waals surface area contributed by atoms with Gasteiger partial charge in [-0.1, -0.05) is 60.2 Å². The first-order valence-corrected chi connectivity index (χ1v) is 11.0. The van der Waals surface area contributed by atoms with Gasteiger partial charge in [-0.25, -0.2) is 9.59 Å². The number of carbonyl (C=O) groups is 2. The van der Waals surface area contributed by atoms with Crippen LogP contribution in [0.1, 0.15) is 38.8 Å².